The van der Waals surface area contributed by atoms with Crippen LogP contribution < -0.4 is 20.3 Å². The number of carbonyl (C=O) groups excluding carboxylic acids is 3. The molecule has 0 radical (unpaired) electrons. The summed E-state index contributed by atoms with van der Waals surface area (Å²) in [5, 5.41) is 8.84. The fourth-order valence-corrected chi connectivity index (χ4v) is 3.54. The van der Waals surface area contributed by atoms with Gasteiger partial charge in [0.25, 0.3) is 5.91 Å². The van der Waals surface area contributed by atoms with E-state index in [4.69, 9.17) is 4.74 Å². The number of hydrogen-bond donors (Lipinski definition) is 2. The van der Waals surface area contributed by atoms with Crippen molar-refractivity contribution in [1.82, 2.24) is 5.32 Å². The molecule has 0 spiro atoms. The molecule has 0 aliphatic carbocycles. The molecule has 1 aliphatic rings. The fourth-order valence-electron chi connectivity index (χ4n) is 2.90. The van der Waals surface area contributed by atoms with Crippen molar-refractivity contribution in [1.29, 1.82) is 0 Å². The molecule has 0 atom stereocenters. The molecule has 7 nitrogen and oxygen atoms in total. The summed E-state index contributed by atoms with van der Waals surface area (Å²) in [7, 11) is 1.55. The minimum absolute atomic E-state index is 0.0473. The molecule has 3 amide bonds. The number of hydrogen-bond acceptors (Lipinski definition) is 5. The predicted molar refractivity (Wildman–Crippen MR) is 104 cm³/mol. The molecule has 0 bridgehead atoms. The second-order valence-corrected chi connectivity index (χ2v) is 6.91. The summed E-state index contributed by atoms with van der Waals surface area (Å²) in [5.41, 5.74) is 1.71. The molecule has 8 heteroatoms. The highest BCUT2D eigenvalue weighted by Gasteiger charge is 2.23. The number of amides is 3. The van der Waals surface area contributed by atoms with Crippen LogP contribution in [0.5, 0.6) is 5.75 Å². The predicted octanol–water partition coefficient (Wildman–Crippen LogP) is 2.64. The highest BCUT2D eigenvalue weighted by atomic mass is 32.1. The minimum atomic E-state index is -0.348. The molecule has 3 rings (SSSR count). The van der Waals surface area contributed by atoms with Crippen LogP contribution in [0.2, 0.25) is 0 Å². The van der Waals surface area contributed by atoms with E-state index < -0.39 is 0 Å². The summed E-state index contributed by atoms with van der Waals surface area (Å²) >= 11 is 1.42. The molecule has 1 aromatic carbocycles. The van der Waals surface area contributed by atoms with E-state index in [1.807, 2.05) is 0 Å². The van der Waals surface area contributed by atoms with Gasteiger partial charge in [0.1, 0.15) is 5.75 Å². The molecule has 1 fully saturated rings. The summed E-state index contributed by atoms with van der Waals surface area (Å²) in [6, 6.07) is 6.84. The van der Waals surface area contributed by atoms with Gasteiger partial charge in [0, 0.05) is 29.6 Å². The second kappa shape index (κ2) is 8.68. The Hall–Kier alpha value is -2.87. The number of methoxy groups -OCH3 is 1. The number of nitrogens with one attached hydrogen (secondary N) is 2. The second-order valence-electron chi connectivity index (χ2n) is 6.13. The summed E-state index contributed by atoms with van der Waals surface area (Å²) in [6.45, 7) is 0.488. The maximum Gasteiger partial charge on any atom is 0.252 e. The quantitative estimate of drug-likeness (QED) is 0.798. The largest absolute Gasteiger partial charge is 0.495 e. The van der Waals surface area contributed by atoms with Gasteiger partial charge in [-0.3, -0.25) is 14.4 Å². The van der Waals surface area contributed by atoms with Crippen LogP contribution in [-0.4, -0.2) is 37.9 Å². The summed E-state index contributed by atoms with van der Waals surface area (Å²) in [4.78, 5) is 38.0. The van der Waals surface area contributed by atoms with Gasteiger partial charge in [-0.25, -0.2) is 0 Å². The van der Waals surface area contributed by atoms with Crippen LogP contribution in [0, 0.1) is 0 Å². The molecule has 1 saturated heterocycles. The normalized spacial score (nSPS) is 14.0. The standard InChI is InChI=1S/C19H21N3O4S/c1-26-16-6-5-14(10-15(16)22-8-3-2-4-18(22)24)21-17(23)11-20-19(25)13-7-9-27-12-13/h5-7,9-10,12H,2-4,8,11H2,1H3,(H,20,25)(H,21,23). The first-order valence-corrected chi connectivity index (χ1v) is 9.61. The van der Waals surface area contributed by atoms with Crippen molar-refractivity contribution < 1.29 is 19.1 Å². The number of ether oxygens (including phenoxy) is 1. The Kier molecular flexibility index (Phi) is 6.08. The molecule has 1 aliphatic heterocycles. The number of nitrogens with zero attached hydrogens (tertiary/aromatic N) is 1. The average Bonchev–Trinajstić information content (AvgIpc) is 3.21. The lowest BCUT2D eigenvalue weighted by Gasteiger charge is -2.28. The molecule has 27 heavy (non-hydrogen) atoms. The lowest BCUT2D eigenvalue weighted by molar-refractivity contribution is -0.119. The van der Waals surface area contributed by atoms with Crippen LogP contribution in [0.3, 0.4) is 0 Å². The van der Waals surface area contributed by atoms with Gasteiger partial charge >= 0.3 is 0 Å². The Morgan fingerprint density at radius 3 is 2.81 bits per heavy atom. The summed E-state index contributed by atoms with van der Waals surface area (Å²) < 4.78 is 5.36. The Morgan fingerprint density at radius 1 is 1.26 bits per heavy atom. The number of carbonyl (C=O) groups is 3. The van der Waals surface area contributed by atoms with Gasteiger partial charge in [0.15, 0.2) is 0 Å². The Morgan fingerprint density at radius 2 is 2.11 bits per heavy atom. The van der Waals surface area contributed by atoms with Crippen LogP contribution in [0.15, 0.2) is 35.0 Å². The van der Waals surface area contributed by atoms with E-state index in [2.05, 4.69) is 10.6 Å². The van der Waals surface area contributed by atoms with E-state index in [1.54, 1.807) is 47.0 Å². The van der Waals surface area contributed by atoms with E-state index in [0.29, 0.717) is 35.7 Å². The number of anilines is 2. The third-order valence-electron chi connectivity index (χ3n) is 4.27. The van der Waals surface area contributed by atoms with E-state index in [1.165, 1.54) is 11.3 Å². The lowest BCUT2D eigenvalue weighted by atomic mass is 10.1. The Labute approximate surface area is 161 Å². The fraction of sp³-hybridized carbons (Fsp3) is 0.316. The Bertz CT molecular complexity index is 835. The smallest absolute Gasteiger partial charge is 0.252 e. The zero-order valence-electron chi connectivity index (χ0n) is 15.0. The Balaban J connectivity index is 1.66. The van der Waals surface area contributed by atoms with Crippen molar-refractivity contribution in [3.8, 4) is 5.75 Å². The highest BCUT2D eigenvalue weighted by molar-refractivity contribution is 7.08. The third-order valence-corrected chi connectivity index (χ3v) is 4.95. The SMILES string of the molecule is COc1ccc(NC(=O)CNC(=O)c2ccsc2)cc1N1CCCCC1=O. The van der Waals surface area contributed by atoms with Crippen LogP contribution in [0.25, 0.3) is 0 Å². The zero-order chi connectivity index (χ0) is 19.2. The van der Waals surface area contributed by atoms with E-state index in [-0.39, 0.29) is 24.3 Å². The average molecular weight is 387 g/mol. The zero-order valence-corrected chi connectivity index (χ0v) is 15.8. The van der Waals surface area contributed by atoms with Crippen LogP contribution >= 0.6 is 11.3 Å². The van der Waals surface area contributed by atoms with Crippen molar-refractivity contribution in [2.24, 2.45) is 0 Å². The lowest BCUT2D eigenvalue weighted by Crippen LogP contribution is -2.35. The molecule has 2 N–H and O–H groups in total. The first kappa shape index (κ1) is 18.9. The van der Waals surface area contributed by atoms with Gasteiger partial charge in [-0.2, -0.15) is 11.3 Å². The topological polar surface area (TPSA) is 87.7 Å². The number of rotatable bonds is 6. The van der Waals surface area contributed by atoms with Crippen molar-refractivity contribution in [3.63, 3.8) is 0 Å². The maximum absolute atomic E-state index is 12.2. The van der Waals surface area contributed by atoms with Gasteiger partial charge in [-0.1, -0.05) is 0 Å². The van der Waals surface area contributed by atoms with Crippen LogP contribution in [-0.2, 0) is 9.59 Å². The molecule has 2 aromatic rings. The number of piperidine rings is 1. The third kappa shape index (κ3) is 4.65. The molecular formula is C19H21N3O4S. The highest BCUT2D eigenvalue weighted by Crippen LogP contribution is 2.33. The van der Waals surface area contributed by atoms with E-state index in [0.717, 1.165) is 12.8 Å². The molecule has 1 aromatic heterocycles. The van der Waals surface area contributed by atoms with Crippen LogP contribution in [0.1, 0.15) is 29.6 Å². The van der Waals surface area contributed by atoms with Gasteiger partial charge in [0.2, 0.25) is 11.8 Å². The van der Waals surface area contributed by atoms with Crippen molar-refractivity contribution in [3.05, 3.63) is 40.6 Å². The van der Waals surface area contributed by atoms with Gasteiger partial charge < -0.3 is 20.3 Å². The molecule has 2 heterocycles. The number of thiophene rings is 1. The van der Waals surface area contributed by atoms with Gasteiger partial charge in [0.05, 0.1) is 19.3 Å². The molecular weight excluding hydrogens is 366 g/mol. The van der Waals surface area contributed by atoms with E-state index in [9.17, 15) is 14.4 Å². The minimum Gasteiger partial charge on any atom is -0.495 e. The molecule has 0 saturated carbocycles. The van der Waals surface area contributed by atoms with Crippen molar-refractivity contribution in [2.45, 2.75) is 19.3 Å². The summed E-state index contributed by atoms with van der Waals surface area (Å²) in [5.74, 6) is -0.0135. The summed E-state index contributed by atoms with van der Waals surface area (Å²) in [6.07, 6.45) is 2.33. The van der Waals surface area contributed by atoms with Crippen molar-refractivity contribution >= 4 is 40.4 Å². The van der Waals surface area contributed by atoms with Crippen molar-refractivity contribution in [2.75, 3.05) is 30.4 Å². The maximum atomic E-state index is 12.2. The van der Waals surface area contributed by atoms with Gasteiger partial charge in [-0.05, 0) is 42.5 Å². The van der Waals surface area contributed by atoms with E-state index >= 15 is 0 Å². The molecule has 142 valence electrons. The first-order valence-electron chi connectivity index (χ1n) is 8.67. The molecule has 0 unspecified atom stereocenters. The number of benzene rings is 1. The monoisotopic (exact) mass is 387 g/mol. The van der Waals surface area contributed by atoms with Gasteiger partial charge in [-0.15, -0.1) is 0 Å². The van der Waals surface area contributed by atoms with Crippen LogP contribution in [0.4, 0.5) is 11.4 Å². The first-order chi connectivity index (χ1) is 13.1.